The number of hydrogen-bond acceptors (Lipinski definition) is 2. The maximum Gasteiger partial charge on any atom is 0.303 e. The average Bonchev–Trinajstić information content (AvgIpc) is 2.44. The van der Waals surface area contributed by atoms with Crippen LogP contribution in [0.4, 0.5) is 0 Å². The third-order valence-electron chi connectivity index (χ3n) is 2.39. The van der Waals surface area contributed by atoms with Gasteiger partial charge in [-0.25, -0.2) is 0 Å². The molecule has 2 rings (SSSR count). The number of hydrogen-bond donors (Lipinski definition) is 0. The Bertz CT molecular complexity index is 405. The minimum atomic E-state index is -0.240. The van der Waals surface area contributed by atoms with E-state index in [9.17, 15) is 4.79 Å². The zero-order valence-corrected chi connectivity index (χ0v) is 8.28. The first-order chi connectivity index (χ1) is 6.68. The number of carbonyl (C=O) groups is 1. The number of ether oxygens (including phenoxy) is 1. The standard InChI is InChI=1S/C12H12O2/c1-8-7-12(14-9(2)13)11-6-4-3-5-10(8)11/h3-7,12H,1-2H3/t12-/m0/s1. The summed E-state index contributed by atoms with van der Waals surface area (Å²) in [7, 11) is 0. The summed E-state index contributed by atoms with van der Waals surface area (Å²) in [5, 5.41) is 0. The molecular weight excluding hydrogens is 176 g/mol. The summed E-state index contributed by atoms with van der Waals surface area (Å²) in [6.45, 7) is 3.46. The van der Waals surface area contributed by atoms with Crippen LogP contribution < -0.4 is 0 Å². The Kier molecular flexibility index (Phi) is 2.12. The van der Waals surface area contributed by atoms with Crippen molar-refractivity contribution in [3.05, 3.63) is 41.5 Å². The fourth-order valence-electron chi connectivity index (χ4n) is 1.79. The predicted octanol–water partition coefficient (Wildman–Crippen LogP) is 2.71. The highest BCUT2D eigenvalue weighted by atomic mass is 16.5. The molecule has 0 saturated carbocycles. The number of rotatable bonds is 1. The van der Waals surface area contributed by atoms with Gasteiger partial charge in [0.15, 0.2) is 0 Å². The fraction of sp³-hybridized carbons (Fsp3) is 0.250. The van der Waals surface area contributed by atoms with E-state index < -0.39 is 0 Å². The Morgan fingerprint density at radius 3 is 2.79 bits per heavy atom. The third-order valence-corrected chi connectivity index (χ3v) is 2.39. The zero-order chi connectivity index (χ0) is 10.1. The van der Waals surface area contributed by atoms with E-state index in [0.29, 0.717) is 0 Å². The molecule has 0 spiro atoms. The molecule has 0 heterocycles. The minimum Gasteiger partial charge on any atom is -0.453 e. The lowest BCUT2D eigenvalue weighted by atomic mass is 10.1. The molecule has 2 nitrogen and oxygen atoms in total. The largest absolute Gasteiger partial charge is 0.453 e. The topological polar surface area (TPSA) is 26.3 Å². The molecule has 0 aliphatic heterocycles. The molecule has 0 N–H and O–H groups in total. The molecule has 0 amide bonds. The second-order valence-electron chi connectivity index (χ2n) is 3.47. The van der Waals surface area contributed by atoms with Crippen molar-refractivity contribution in [3.63, 3.8) is 0 Å². The molecule has 0 radical (unpaired) electrons. The van der Waals surface area contributed by atoms with E-state index in [1.165, 1.54) is 18.1 Å². The molecule has 0 fully saturated rings. The maximum absolute atomic E-state index is 10.9. The Hall–Kier alpha value is -1.57. The lowest BCUT2D eigenvalue weighted by Crippen LogP contribution is -2.04. The Labute approximate surface area is 83.2 Å². The van der Waals surface area contributed by atoms with E-state index in [4.69, 9.17) is 4.74 Å². The first-order valence-electron chi connectivity index (χ1n) is 4.63. The van der Waals surface area contributed by atoms with Crippen LogP contribution in [0.25, 0.3) is 5.57 Å². The van der Waals surface area contributed by atoms with Gasteiger partial charge in [-0.2, -0.15) is 0 Å². The van der Waals surface area contributed by atoms with Crippen LogP contribution in [0.1, 0.15) is 31.1 Å². The van der Waals surface area contributed by atoms with Crippen molar-refractivity contribution in [2.75, 3.05) is 0 Å². The van der Waals surface area contributed by atoms with Crippen LogP contribution in [-0.2, 0) is 9.53 Å². The molecule has 14 heavy (non-hydrogen) atoms. The number of fused-ring (bicyclic) bond motifs is 1. The first-order valence-corrected chi connectivity index (χ1v) is 4.63. The lowest BCUT2D eigenvalue weighted by Gasteiger charge is -2.10. The second-order valence-corrected chi connectivity index (χ2v) is 3.47. The summed E-state index contributed by atoms with van der Waals surface area (Å²) < 4.78 is 5.19. The van der Waals surface area contributed by atoms with E-state index in [-0.39, 0.29) is 12.1 Å². The monoisotopic (exact) mass is 188 g/mol. The van der Waals surface area contributed by atoms with Crippen LogP contribution in [0.3, 0.4) is 0 Å². The highest BCUT2D eigenvalue weighted by Crippen LogP contribution is 2.35. The number of carbonyl (C=O) groups excluding carboxylic acids is 1. The normalized spacial score (nSPS) is 18.7. The fourth-order valence-corrected chi connectivity index (χ4v) is 1.79. The van der Waals surface area contributed by atoms with Crippen molar-refractivity contribution in [1.29, 1.82) is 0 Å². The van der Waals surface area contributed by atoms with Crippen molar-refractivity contribution < 1.29 is 9.53 Å². The summed E-state index contributed by atoms with van der Waals surface area (Å²) in [5.41, 5.74) is 3.44. The Balaban J connectivity index is 2.37. The summed E-state index contributed by atoms with van der Waals surface area (Å²) >= 11 is 0. The second kappa shape index (κ2) is 3.29. The summed E-state index contributed by atoms with van der Waals surface area (Å²) in [4.78, 5) is 10.9. The number of benzene rings is 1. The van der Waals surface area contributed by atoms with E-state index in [1.54, 1.807) is 0 Å². The van der Waals surface area contributed by atoms with Crippen LogP contribution in [0.2, 0.25) is 0 Å². The van der Waals surface area contributed by atoms with Gasteiger partial charge in [0.05, 0.1) is 0 Å². The van der Waals surface area contributed by atoms with Gasteiger partial charge in [0.2, 0.25) is 0 Å². The van der Waals surface area contributed by atoms with Gasteiger partial charge in [-0.3, -0.25) is 4.79 Å². The van der Waals surface area contributed by atoms with E-state index in [0.717, 1.165) is 5.56 Å². The molecule has 0 aromatic heterocycles. The smallest absolute Gasteiger partial charge is 0.303 e. The summed E-state index contributed by atoms with van der Waals surface area (Å²) in [6.07, 6.45) is 1.79. The van der Waals surface area contributed by atoms with Gasteiger partial charge in [0, 0.05) is 12.5 Å². The average molecular weight is 188 g/mol. The van der Waals surface area contributed by atoms with E-state index in [2.05, 4.69) is 0 Å². The van der Waals surface area contributed by atoms with Crippen LogP contribution in [0.5, 0.6) is 0 Å². The molecule has 2 heteroatoms. The van der Waals surface area contributed by atoms with Gasteiger partial charge >= 0.3 is 5.97 Å². The Morgan fingerprint density at radius 2 is 2.07 bits per heavy atom. The lowest BCUT2D eigenvalue weighted by molar-refractivity contribution is -0.144. The number of allylic oxidation sites excluding steroid dienone is 1. The van der Waals surface area contributed by atoms with Crippen molar-refractivity contribution in [3.8, 4) is 0 Å². The van der Waals surface area contributed by atoms with Crippen molar-refractivity contribution in [2.45, 2.75) is 20.0 Å². The summed E-state index contributed by atoms with van der Waals surface area (Å²) in [5.74, 6) is -0.240. The third kappa shape index (κ3) is 1.43. The van der Waals surface area contributed by atoms with Gasteiger partial charge in [-0.1, -0.05) is 24.3 Å². The van der Waals surface area contributed by atoms with Crippen molar-refractivity contribution in [2.24, 2.45) is 0 Å². The van der Waals surface area contributed by atoms with Gasteiger partial charge < -0.3 is 4.74 Å². The highest BCUT2D eigenvalue weighted by Gasteiger charge is 2.22. The van der Waals surface area contributed by atoms with Crippen LogP contribution in [0, 0.1) is 0 Å². The maximum atomic E-state index is 10.9. The molecule has 1 aliphatic rings. The van der Waals surface area contributed by atoms with E-state index in [1.807, 2.05) is 37.3 Å². The molecule has 1 aliphatic carbocycles. The predicted molar refractivity (Wildman–Crippen MR) is 54.6 cm³/mol. The molecule has 0 unspecified atom stereocenters. The van der Waals surface area contributed by atoms with Crippen LogP contribution >= 0.6 is 0 Å². The van der Waals surface area contributed by atoms with Gasteiger partial charge in [-0.05, 0) is 24.1 Å². The molecule has 0 bridgehead atoms. The van der Waals surface area contributed by atoms with E-state index >= 15 is 0 Å². The molecule has 1 aromatic carbocycles. The minimum absolute atomic E-state index is 0.191. The molecule has 72 valence electrons. The van der Waals surface area contributed by atoms with Gasteiger partial charge in [0.25, 0.3) is 0 Å². The quantitative estimate of drug-likeness (QED) is 0.633. The molecular formula is C12H12O2. The zero-order valence-electron chi connectivity index (χ0n) is 8.28. The van der Waals surface area contributed by atoms with Gasteiger partial charge in [-0.15, -0.1) is 0 Å². The molecule has 1 atom stereocenters. The van der Waals surface area contributed by atoms with Crippen LogP contribution in [0.15, 0.2) is 30.3 Å². The molecule has 1 aromatic rings. The van der Waals surface area contributed by atoms with Gasteiger partial charge in [0.1, 0.15) is 6.10 Å². The van der Waals surface area contributed by atoms with Crippen LogP contribution in [-0.4, -0.2) is 5.97 Å². The molecule has 0 saturated heterocycles. The summed E-state index contributed by atoms with van der Waals surface area (Å²) in [6, 6.07) is 7.99. The Morgan fingerprint density at radius 1 is 1.36 bits per heavy atom. The first kappa shape index (κ1) is 9.00. The number of esters is 1. The SMILES string of the molecule is CC(=O)O[C@H]1C=C(C)c2ccccc21. The van der Waals surface area contributed by atoms with Crippen molar-refractivity contribution >= 4 is 11.5 Å². The highest BCUT2D eigenvalue weighted by molar-refractivity contribution is 5.74. The van der Waals surface area contributed by atoms with Crippen molar-refractivity contribution in [1.82, 2.24) is 0 Å².